The van der Waals surface area contributed by atoms with Gasteiger partial charge in [-0.3, -0.25) is 0 Å². The van der Waals surface area contributed by atoms with Crippen LogP contribution in [0.1, 0.15) is 28.7 Å². The number of rotatable bonds is 4. The zero-order valence-electron chi connectivity index (χ0n) is 15.8. The van der Waals surface area contributed by atoms with Gasteiger partial charge in [-0.25, -0.2) is 9.78 Å². The average Bonchev–Trinajstić information content (AvgIpc) is 3.18. The van der Waals surface area contributed by atoms with E-state index in [2.05, 4.69) is 9.97 Å². The lowest BCUT2D eigenvalue weighted by Crippen LogP contribution is -2.44. The van der Waals surface area contributed by atoms with Gasteiger partial charge in [0.1, 0.15) is 12.2 Å². The van der Waals surface area contributed by atoms with E-state index in [9.17, 15) is 20.1 Å². The number of aromatic nitrogens is 2. The Morgan fingerprint density at radius 3 is 2.79 bits per heavy atom. The van der Waals surface area contributed by atoms with E-state index in [0.717, 1.165) is 11.1 Å². The molecule has 0 radical (unpaired) electrons. The first-order valence-corrected chi connectivity index (χ1v) is 9.31. The van der Waals surface area contributed by atoms with Crippen molar-refractivity contribution in [3.63, 3.8) is 0 Å². The summed E-state index contributed by atoms with van der Waals surface area (Å²) in [5, 5.41) is 29.9. The Morgan fingerprint density at radius 2 is 2.03 bits per heavy atom. The first-order valence-electron chi connectivity index (χ1n) is 9.31. The van der Waals surface area contributed by atoms with Crippen molar-refractivity contribution in [1.29, 1.82) is 0 Å². The molecule has 0 saturated carbocycles. The first-order chi connectivity index (χ1) is 14.0. The van der Waals surface area contributed by atoms with E-state index in [0.29, 0.717) is 16.6 Å². The second-order valence-electron chi connectivity index (χ2n) is 7.09. The summed E-state index contributed by atoms with van der Waals surface area (Å²) in [5.74, 6) is -0.402. The van der Waals surface area contributed by atoms with Gasteiger partial charge in [0, 0.05) is 6.42 Å². The molecule has 0 spiro atoms. The SMILES string of the molecule is COC(=O)c1nc2ccc(-c3cccc([C@H]4OC(CO)CC(O)C4O)c3)cc2[nH]1. The van der Waals surface area contributed by atoms with Crippen LogP contribution >= 0.6 is 0 Å². The predicted molar refractivity (Wildman–Crippen MR) is 104 cm³/mol. The molecule has 1 aromatic heterocycles. The third-order valence-corrected chi connectivity index (χ3v) is 5.16. The zero-order chi connectivity index (χ0) is 20.5. The molecule has 152 valence electrons. The number of aliphatic hydroxyl groups is 3. The Balaban J connectivity index is 1.67. The number of hydrogen-bond donors (Lipinski definition) is 4. The number of H-pyrrole nitrogens is 1. The van der Waals surface area contributed by atoms with Crippen LogP contribution in [0.5, 0.6) is 0 Å². The number of aromatic amines is 1. The summed E-state index contributed by atoms with van der Waals surface area (Å²) in [7, 11) is 1.30. The largest absolute Gasteiger partial charge is 0.463 e. The molecule has 0 bridgehead atoms. The van der Waals surface area contributed by atoms with Crippen molar-refractivity contribution in [3.8, 4) is 11.1 Å². The number of ether oxygens (including phenoxy) is 2. The molecule has 1 fully saturated rings. The van der Waals surface area contributed by atoms with Crippen LogP contribution in [0.2, 0.25) is 0 Å². The second-order valence-corrected chi connectivity index (χ2v) is 7.09. The highest BCUT2D eigenvalue weighted by molar-refractivity contribution is 5.91. The minimum absolute atomic E-state index is 0.135. The van der Waals surface area contributed by atoms with Crippen LogP contribution in [-0.2, 0) is 9.47 Å². The molecule has 2 heterocycles. The van der Waals surface area contributed by atoms with E-state index in [4.69, 9.17) is 9.47 Å². The molecule has 4 atom stereocenters. The van der Waals surface area contributed by atoms with E-state index in [1.807, 2.05) is 36.4 Å². The van der Waals surface area contributed by atoms with Gasteiger partial charge in [0.15, 0.2) is 0 Å². The topological polar surface area (TPSA) is 125 Å². The summed E-state index contributed by atoms with van der Waals surface area (Å²) in [5.41, 5.74) is 3.79. The van der Waals surface area contributed by atoms with E-state index >= 15 is 0 Å². The van der Waals surface area contributed by atoms with E-state index in [1.165, 1.54) is 7.11 Å². The van der Waals surface area contributed by atoms with Crippen LogP contribution in [0, 0.1) is 0 Å². The third-order valence-electron chi connectivity index (χ3n) is 5.16. The van der Waals surface area contributed by atoms with E-state index in [-0.39, 0.29) is 18.9 Å². The maximum absolute atomic E-state index is 11.7. The maximum Gasteiger partial charge on any atom is 0.374 e. The van der Waals surface area contributed by atoms with Crippen molar-refractivity contribution >= 4 is 17.0 Å². The van der Waals surface area contributed by atoms with Gasteiger partial charge in [0.2, 0.25) is 5.82 Å². The fourth-order valence-corrected chi connectivity index (χ4v) is 3.62. The monoisotopic (exact) mass is 398 g/mol. The minimum atomic E-state index is -1.08. The zero-order valence-corrected chi connectivity index (χ0v) is 15.8. The summed E-state index contributed by atoms with van der Waals surface area (Å²) >= 11 is 0. The Morgan fingerprint density at radius 1 is 1.24 bits per heavy atom. The predicted octanol–water partition coefficient (Wildman–Crippen LogP) is 1.56. The Labute approximate surface area is 166 Å². The Bertz CT molecular complexity index is 1030. The van der Waals surface area contributed by atoms with Gasteiger partial charge in [-0.1, -0.05) is 24.3 Å². The highest BCUT2D eigenvalue weighted by Crippen LogP contribution is 2.34. The molecule has 4 rings (SSSR count). The summed E-state index contributed by atoms with van der Waals surface area (Å²) in [6.45, 7) is -0.223. The van der Waals surface area contributed by atoms with Gasteiger partial charge in [-0.05, 0) is 34.9 Å². The fourth-order valence-electron chi connectivity index (χ4n) is 3.62. The number of benzene rings is 2. The number of fused-ring (bicyclic) bond motifs is 1. The molecular formula is C21H22N2O6. The standard InChI is InChI=1S/C21H22N2O6/c1-28-21(27)20-22-15-6-5-12(8-16(15)23-20)11-3-2-4-13(7-11)19-18(26)17(25)9-14(10-24)29-19/h2-8,14,17-19,24-26H,9-10H2,1H3,(H,22,23)/t14?,17?,18?,19-/m1/s1. The van der Waals surface area contributed by atoms with E-state index in [1.54, 1.807) is 6.07 Å². The Kier molecular flexibility index (Phi) is 5.33. The first kappa shape index (κ1) is 19.5. The molecule has 8 heteroatoms. The van der Waals surface area contributed by atoms with Gasteiger partial charge < -0.3 is 29.8 Å². The average molecular weight is 398 g/mol. The molecule has 1 aliphatic heterocycles. The number of carbonyl (C=O) groups excluding carboxylic acids is 1. The fraction of sp³-hybridized carbons (Fsp3) is 0.333. The van der Waals surface area contributed by atoms with Gasteiger partial charge in [-0.15, -0.1) is 0 Å². The quantitative estimate of drug-likeness (QED) is 0.492. The molecule has 1 aliphatic rings. The normalized spacial score (nSPS) is 24.6. The summed E-state index contributed by atoms with van der Waals surface area (Å²) < 4.78 is 10.5. The van der Waals surface area contributed by atoms with Crippen molar-refractivity contribution in [2.45, 2.75) is 30.8 Å². The van der Waals surface area contributed by atoms with Gasteiger partial charge in [0.25, 0.3) is 0 Å². The molecule has 2 aromatic carbocycles. The van der Waals surface area contributed by atoms with Crippen LogP contribution in [0.25, 0.3) is 22.2 Å². The molecule has 29 heavy (non-hydrogen) atoms. The van der Waals surface area contributed by atoms with Crippen molar-refractivity contribution < 1.29 is 29.6 Å². The number of nitrogens with one attached hydrogen (secondary N) is 1. The Hall–Kier alpha value is -2.78. The molecule has 0 aliphatic carbocycles. The number of carbonyl (C=O) groups is 1. The van der Waals surface area contributed by atoms with Crippen LogP contribution in [0.4, 0.5) is 0 Å². The molecule has 0 amide bonds. The minimum Gasteiger partial charge on any atom is -0.463 e. The third kappa shape index (κ3) is 3.75. The summed E-state index contributed by atoms with van der Waals surface area (Å²) in [6.07, 6.45) is -3.12. The van der Waals surface area contributed by atoms with Crippen LogP contribution in [0.15, 0.2) is 42.5 Å². The van der Waals surface area contributed by atoms with Gasteiger partial charge in [-0.2, -0.15) is 0 Å². The van der Waals surface area contributed by atoms with Crippen molar-refractivity contribution in [2.75, 3.05) is 13.7 Å². The smallest absolute Gasteiger partial charge is 0.374 e. The number of methoxy groups -OCH3 is 1. The van der Waals surface area contributed by atoms with Gasteiger partial charge in [0.05, 0.1) is 37.0 Å². The number of esters is 1. The van der Waals surface area contributed by atoms with Crippen LogP contribution < -0.4 is 0 Å². The van der Waals surface area contributed by atoms with E-state index < -0.39 is 30.4 Å². The van der Waals surface area contributed by atoms with Crippen molar-refractivity contribution in [2.24, 2.45) is 0 Å². The number of aliphatic hydroxyl groups excluding tert-OH is 3. The second kappa shape index (κ2) is 7.92. The highest BCUT2D eigenvalue weighted by atomic mass is 16.5. The lowest BCUT2D eigenvalue weighted by Gasteiger charge is -2.37. The molecule has 4 N–H and O–H groups in total. The van der Waals surface area contributed by atoms with Crippen LogP contribution in [-0.4, -0.2) is 63.3 Å². The number of imidazole rings is 1. The lowest BCUT2D eigenvalue weighted by atomic mass is 9.91. The highest BCUT2D eigenvalue weighted by Gasteiger charge is 2.37. The molecular weight excluding hydrogens is 376 g/mol. The number of nitrogens with zero attached hydrogens (tertiary/aromatic N) is 1. The molecule has 3 aromatic rings. The van der Waals surface area contributed by atoms with Crippen molar-refractivity contribution in [3.05, 3.63) is 53.9 Å². The van der Waals surface area contributed by atoms with Crippen molar-refractivity contribution in [1.82, 2.24) is 9.97 Å². The summed E-state index contributed by atoms with van der Waals surface area (Å²) in [4.78, 5) is 18.8. The molecule has 3 unspecified atom stereocenters. The number of hydrogen-bond acceptors (Lipinski definition) is 7. The van der Waals surface area contributed by atoms with Gasteiger partial charge >= 0.3 is 5.97 Å². The maximum atomic E-state index is 11.7. The molecule has 1 saturated heterocycles. The summed E-state index contributed by atoms with van der Waals surface area (Å²) in [6, 6.07) is 13.0. The lowest BCUT2D eigenvalue weighted by molar-refractivity contribution is -0.179. The van der Waals surface area contributed by atoms with Crippen LogP contribution in [0.3, 0.4) is 0 Å². The molecule has 8 nitrogen and oxygen atoms in total.